The highest BCUT2D eigenvalue weighted by Crippen LogP contribution is 2.48. The summed E-state index contributed by atoms with van der Waals surface area (Å²) in [6.45, 7) is 0. The highest BCUT2D eigenvalue weighted by atomic mass is 32.2. The fourth-order valence-corrected chi connectivity index (χ4v) is 12.2. The third kappa shape index (κ3) is 9.43. The lowest BCUT2D eigenvalue weighted by Crippen LogP contribution is -2.57. The molecule has 0 aliphatic heterocycles. The number of aliphatic hydroxyl groups excluding tert-OH is 1. The van der Waals surface area contributed by atoms with Crippen molar-refractivity contribution in [2.45, 2.75) is 134 Å². The van der Waals surface area contributed by atoms with Crippen LogP contribution in [0.1, 0.15) is 77.0 Å². The number of nitrogens with two attached hydrogens (primary N) is 1. The normalized spacial score (nSPS) is 42.9. The van der Waals surface area contributed by atoms with E-state index in [4.69, 9.17) is 25.7 Å². The fraction of sp³-hybridized carbons (Fsp3) is 1.00. The second-order valence-corrected chi connectivity index (χ2v) is 19.0. The minimum atomic E-state index is -4.41. The van der Waals surface area contributed by atoms with Crippen molar-refractivity contribution in [2.75, 3.05) is 0 Å². The minimum absolute atomic E-state index is 0.0274. The van der Waals surface area contributed by atoms with E-state index >= 15 is 0 Å². The molecule has 5 aliphatic carbocycles. The Morgan fingerprint density at radius 2 is 1.38 bits per heavy atom. The van der Waals surface area contributed by atoms with E-state index in [2.05, 4.69) is 29.8 Å². The van der Waals surface area contributed by atoms with Crippen molar-refractivity contribution in [1.82, 2.24) is 0 Å². The molecule has 48 heavy (non-hydrogen) atoms. The third-order valence-corrected chi connectivity index (χ3v) is 15.3. The van der Waals surface area contributed by atoms with E-state index in [0.29, 0.717) is 44.1 Å². The van der Waals surface area contributed by atoms with Crippen molar-refractivity contribution in [1.29, 1.82) is 0 Å². The largest absolute Gasteiger partial charge is 0.390 e. The van der Waals surface area contributed by atoms with Crippen LogP contribution in [0.5, 0.6) is 0 Å². The third-order valence-electron chi connectivity index (χ3n) is 11.0. The first-order valence-electron chi connectivity index (χ1n) is 16.2. The fourth-order valence-electron chi connectivity index (χ4n) is 8.72. The Labute approximate surface area is 288 Å². The van der Waals surface area contributed by atoms with Crippen molar-refractivity contribution in [2.24, 2.45) is 49.9 Å². The van der Waals surface area contributed by atoms with Crippen LogP contribution in [0.2, 0.25) is 0 Å². The van der Waals surface area contributed by atoms with E-state index in [9.17, 15) is 31.0 Å². The Hall–Kier alpha value is -0.600. The first kappa shape index (κ1) is 38.6. The molecule has 0 aromatic rings. The molecule has 0 spiro atoms. The molecule has 0 bridgehead atoms. The standard InChI is InChI=1S/C26H45N5O13S4/c27-20-12-18-13(9-24(20)48(38,39)40)8-23(46-44-42-34)25(26(18)32)31-30-22-7-6-21(17-5-4-16(11-19(17)22)47(35,36)37)29-28-14-2-1-3-15(10-14)45-43-41-33/h13-26,32-34H,1-12,27H2,(H,35,36,37)(H,38,39,40). The average Bonchev–Trinajstić information content (AvgIpc) is 3.04. The van der Waals surface area contributed by atoms with Gasteiger partial charge in [-0.05, 0) is 94.3 Å². The van der Waals surface area contributed by atoms with Gasteiger partial charge in [0.25, 0.3) is 20.2 Å². The van der Waals surface area contributed by atoms with Crippen molar-refractivity contribution in [3.63, 3.8) is 0 Å². The van der Waals surface area contributed by atoms with E-state index in [1.165, 1.54) is 0 Å². The number of nitrogens with zero attached hydrogens (tertiary/aromatic N) is 4. The van der Waals surface area contributed by atoms with Crippen LogP contribution in [0.4, 0.5) is 0 Å². The van der Waals surface area contributed by atoms with Gasteiger partial charge >= 0.3 is 0 Å². The lowest BCUT2D eigenvalue weighted by molar-refractivity contribution is -0.432. The molecule has 0 saturated heterocycles. The van der Waals surface area contributed by atoms with Crippen LogP contribution in [-0.2, 0) is 39.0 Å². The average molecular weight is 764 g/mol. The molecule has 0 radical (unpaired) electrons. The molecule has 0 heterocycles. The molecule has 5 saturated carbocycles. The Morgan fingerprint density at radius 1 is 0.688 bits per heavy atom. The molecular weight excluding hydrogens is 719 g/mol. The summed E-state index contributed by atoms with van der Waals surface area (Å²) in [5.74, 6) is -1.12. The topological polar surface area (TPSA) is 282 Å². The van der Waals surface area contributed by atoms with Gasteiger partial charge in [-0.15, -0.1) is 8.67 Å². The Morgan fingerprint density at radius 3 is 2.06 bits per heavy atom. The Balaban J connectivity index is 1.32. The zero-order valence-corrected chi connectivity index (χ0v) is 29.3. The molecule has 5 fully saturated rings. The smallest absolute Gasteiger partial charge is 0.269 e. The number of fused-ring (bicyclic) bond motifs is 2. The summed E-state index contributed by atoms with van der Waals surface area (Å²) in [6.07, 6.45) is 4.84. The molecule has 0 aromatic carbocycles. The van der Waals surface area contributed by atoms with Crippen LogP contribution in [-0.4, -0.2) is 98.9 Å². The van der Waals surface area contributed by atoms with Crippen LogP contribution in [0, 0.1) is 23.7 Å². The van der Waals surface area contributed by atoms with Crippen molar-refractivity contribution >= 4 is 44.3 Å². The van der Waals surface area contributed by atoms with Crippen LogP contribution >= 0.6 is 24.1 Å². The van der Waals surface area contributed by atoms with Crippen molar-refractivity contribution in [3.8, 4) is 0 Å². The van der Waals surface area contributed by atoms with E-state index in [-0.39, 0.29) is 60.8 Å². The van der Waals surface area contributed by atoms with Gasteiger partial charge in [-0.2, -0.15) is 37.3 Å². The maximum absolute atomic E-state index is 12.2. The minimum Gasteiger partial charge on any atom is -0.390 e. The summed E-state index contributed by atoms with van der Waals surface area (Å²) in [6, 6.07) is -2.37. The predicted octanol–water partition coefficient (Wildman–Crippen LogP) is 3.66. The SMILES string of the molecule is NC1CC2C(CC(SOOO)C(N=NC3CCC(N=NC4CCCC(SOOO)C4)C4CCC(S(=O)(=O)O)CC34)C2O)CC1S(=O)(=O)O. The molecule has 0 aromatic heterocycles. The van der Waals surface area contributed by atoms with Crippen LogP contribution in [0.25, 0.3) is 0 Å². The molecule has 14 unspecified atom stereocenters. The quantitative estimate of drug-likeness (QED) is 0.0544. The number of hydrogen-bond donors (Lipinski definition) is 6. The first-order valence-corrected chi connectivity index (χ1v) is 20.8. The van der Waals surface area contributed by atoms with Crippen LogP contribution < -0.4 is 5.73 Å². The van der Waals surface area contributed by atoms with Gasteiger partial charge in [-0.25, -0.2) is 10.5 Å². The molecule has 5 rings (SSSR count). The zero-order chi connectivity index (χ0) is 34.6. The van der Waals surface area contributed by atoms with Gasteiger partial charge in [0.05, 0.1) is 34.7 Å². The Bertz CT molecular complexity index is 1340. The molecule has 276 valence electrons. The highest BCUT2D eigenvalue weighted by Gasteiger charge is 2.52. The number of aliphatic hydroxyl groups is 1. The van der Waals surface area contributed by atoms with Gasteiger partial charge < -0.3 is 10.8 Å². The van der Waals surface area contributed by atoms with Gasteiger partial charge in [-0.1, -0.05) is 16.5 Å². The number of hydrogen-bond acceptors (Lipinski definition) is 18. The van der Waals surface area contributed by atoms with Crippen LogP contribution in [0.3, 0.4) is 0 Å². The molecule has 14 atom stereocenters. The van der Waals surface area contributed by atoms with E-state index < -0.39 is 66.1 Å². The molecule has 5 aliphatic rings. The van der Waals surface area contributed by atoms with Gasteiger partial charge in [0.1, 0.15) is 11.3 Å². The lowest BCUT2D eigenvalue weighted by atomic mass is 9.66. The zero-order valence-electron chi connectivity index (χ0n) is 26.1. The molecule has 7 N–H and O–H groups in total. The monoisotopic (exact) mass is 763 g/mol. The maximum Gasteiger partial charge on any atom is 0.269 e. The lowest BCUT2D eigenvalue weighted by Gasteiger charge is -2.48. The summed E-state index contributed by atoms with van der Waals surface area (Å²) >= 11 is 1.76. The second kappa shape index (κ2) is 16.8. The van der Waals surface area contributed by atoms with Gasteiger partial charge in [-0.3, -0.25) is 9.11 Å². The summed E-state index contributed by atoms with van der Waals surface area (Å²) < 4.78 is 77.3. The molecule has 0 amide bonds. The van der Waals surface area contributed by atoms with Gasteiger partial charge in [0, 0.05) is 35.4 Å². The van der Waals surface area contributed by atoms with Crippen molar-refractivity contribution < 1.29 is 60.3 Å². The van der Waals surface area contributed by atoms with E-state index in [0.717, 1.165) is 31.3 Å². The number of azo groups is 2. The molecule has 22 heteroatoms. The van der Waals surface area contributed by atoms with Crippen molar-refractivity contribution in [3.05, 3.63) is 0 Å². The van der Waals surface area contributed by atoms with Gasteiger partial charge in [0.2, 0.25) is 0 Å². The van der Waals surface area contributed by atoms with Gasteiger partial charge in [0.15, 0.2) is 0 Å². The summed E-state index contributed by atoms with van der Waals surface area (Å²) in [5, 5.41) is 52.4. The second-order valence-electron chi connectivity index (χ2n) is 13.7. The predicted molar refractivity (Wildman–Crippen MR) is 171 cm³/mol. The first-order chi connectivity index (χ1) is 22.8. The number of rotatable bonds is 12. The molecule has 18 nitrogen and oxygen atoms in total. The van der Waals surface area contributed by atoms with E-state index in [1.54, 1.807) is 0 Å². The highest BCUT2D eigenvalue weighted by molar-refractivity contribution is 7.95. The van der Waals surface area contributed by atoms with E-state index in [1.807, 2.05) is 0 Å². The summed E-state index contributed by atoms with van der Waals surface area (Å²) in [4.78, 5) is 0. The summed E-state index contributed by atoms with van der Waals surface area (Å²) in [5.41, 5.74) is 6.12. The maximum atomic E-state index is 12.2. The molecular formula is C26H45N5O13S4. The van der Waals surface area contributed by atoms with Crippen LogP contribution in [0.15, 0.2) is 20.5 Å². The Kier molecular flexibility index (Phi) is 13.5. The summed E-state index contributed by atoms with van der Waals surface area (Å²) in [7, 11) is -8.70.